The minimum absolute atomic E-state index is 0.739. The van der Waals surface area contributed by atoms with Crippen molar-refractivity contribution in [1.82, 2.24) is 20.1 Å². The van der Waals surface area contributed by atoms with Gasteiger partial charge in [0.25, 0.3) is 0 Å². The number of rotatable bonds is 4. The van der Waals surface area contributed by atoms with Crippen molar-refractivity contribution in [3.8, 4) is 0 Å². The van der Waals surface area contributed by atoms with Gasteiger partial charge in [-0.2, -0.15) is 5.10 Å². The monoisotopic (exact) mass is 258 g/mol. The quantitative estimate of drug-likeness (QED) is 0.780. The van der Waals surface area contributed by atoms with Gasteiger partial charge in [0.05, 0.1) is 22.5 Å². The van der Waals surface area contributed by atoms with Crippen molar-refractivity contribution < 1.29 is 0 Å². The van der Waals surface area contributed by atoms with Crippen LogP contribution in [0.3, 0.4) is 0 Å². The van der Waals surface area contributed by atoms with Gasteiger partial charge >= 0.3 is 0 Å². The summed E-state index contributed by atoms with van der Waals surface area (Å²) >= 11 is 1.73. The summed E-state index contributed by atoms with van der Waals surface area (Å²) < 4.78 is 3.17. The largest absolute Gasteiger partial charge is 0.314 e. The van der Waals surface area contributed by atoms with Crippen molar-refractivity contribution in [3.05, 3.63) is 47.2 Å². The molecular weight excluding hydrogens is 244 g/mol. The Morgan fingerprint density at radius 2 is 2.17 bits per heavy atom. The van der Waals surface area contributed by atoms with Gasteiger partial charge in [-0.1, -0.05) is 12.1 Å². The topological polar surface area (TPSA) is 42.7 Å². The van der Waals surface area contributed by atoms with Crippen LogP contribution in [0.15, 0.2) is 36.5 Å². The fraction of sp³-hybridized carbons (Fsp3) is 0.231. The van der Waals surface area contributed by atoms with E-state index in [1.165, 1.54) is 4.70 Å². The zero-order valence-corrected chi connectivity index (χ0v) is 10.9. The van der Waals surface area contributed by atoms with Gasteiger partial charge in [0.1, 0.15) is 5.01 Å². The highest BCUT2D eigenvalue weighted by Crippen LogP contribution is 2.21. The second-order valence-electron chi connectivity index (χ2n) is 4.11. The lowest BCUT2D eigenvalue weighted by Gasteiger charge is -1.97. The summed E-state index contributed by atoms with van der Waals surface area (Å²) in [4.78, 5) is 4.61. The molecule has 92 valence electrons. The van der Waals surface area contributed by atoms with Crippen molar-refractivity contribution in [2.45, 2.75) is 13.1 Å². The van der Waals surface area contributed by atoms with Gasteiger partial charge in [0.15, 0.2) is 0 Å². The summed E-state index contributed by atoms with van der Waals surface area (Å²) in [6, 6.07) is 10.2. The third kappa shape index (κ3) is 2.27. The lowest BCUT2D eigenvalue weighted by Crippen LogP contribution is -2.07. The van der Waals surface area contributed by atoms with Crippen LogP contribution in [-0.2, 0) is 13.1 Å². The molecule has 0 bridgehead atoms. The number of benzene rings is 1. The first kappa shape index (κ1) is 11.4. The molecule has 3 aromatic rings. The standard InChI is InChI=1S/C13H14N4S/c1-14-8-10-6-7-17(16-10)9-13-15-11-4-2-3-5-12(11)18-13/h2-7,14H,8-9H2,1H3. The highest BCUT2D eigenvalue weighted by molar-refractivity contribution is 7.18. The Bertz CT molecular complexity index is 623. The molecule has 0 saturated carbocycles. The van der Waals surface area contributed by atoms with Crippen LogP contribution in [0, 0.1) is 0 Å². The molecule has 2 aromatic heterocycles. The second-order valence-corrected chi connectivity index (χ2v) is 5.23. The smallest absolute Gasteiger partial charge is 0.115 e. The van der Waals surface area contributed by atoms with E-state index in [0.717, 1.165) is 29.3 Å². The number of hydrogen-bond acceptors (Lipinski definition) is 4. The van der Waals surface area contributed by atoms with Gasteiger partial charge in [-0.25, -0.2) is 4.98 Å². The van der Waals surface area contributed by atoms with E-state index in [1.54, 1.807) is 11.3 Å². The summed E-state index contributed by atoms with van der Waals surface area (Å²) in [5, 5.41) is 8.67. The molecule has 0 amide bonds. The normalized spacial score (nSPS) is 11.2. The Hall–Kier alpha value is -1.72. The van der Waals surface area contributed by atoms with Crippen molar-refractivity contribution in [2.75, 3.05) is 7.05 Å². The molecule has 0 atom stereocenters. The fourth-order valence-corrected chi connectivity index (χ4v) is 2.85. The molecule has 0 unspecified atom stereocenters. The third-order valence-corrected chi connectivity index (χ3v) is 3.71. The average Bonchev–Trinajstić information content (AvgIpc) is 2.96. The number of nitrogens with zero attached hydrogens (tertiary/aromatic N) is 3. The van der Waals surface area contributed by atoms with E-state index in [9.17, 15) is 0 Å². The highest BCUT2D eigenvalue weighted by atomic mass is 32.1. The SMILES string of the molecule is CNCc1ccn(Cc2nc3ccccc3s2)n1. The maximum absolute atomic E-state index is 4.61. The minimum Gasteiger partial charge on any atom is -0.314 e. The molecule has 0 spiro atoms. The molecule has 0 aliphatic rings. The van der Waals surface area contributed by atoms with Crippen LogP contribution in [0.1, 0.15) is 10.7 Å². The van der Waals surface area contributed by atoms with Crippen LogP contribution in [0.4, 0.5) is 0 Å². The molecule has 5 heteroatoms. The molecule has 18 heavy (non-hydrogen) atoms. The molecule has 2 heterocycles. The van der Waals surface area contributed by atoms with Gasteiger partial charge in [0, 0.05) is 12.7 Å². The van der Waals surface area contributed by atoms with Crippen molar-refractivity contribution >= 4 is 21.6 Å². The van der Waals surface area contributed by atoms with E-state index in [-0.39, 0.29) is 0 Å². The van der Waals surface area contributed by atoms with Crippen LogP contribution in [0.2, 0.25) is 0 Å². The first-order chi connectivity index (χ1) is 8.85. The Morgan fingerprint density at radius 1 is 1.28 bits per heavy atom. The molecular formula is C13H14N4S. The molecule has 3 rings (SSSR count). The Balaban J connectivity index is 1.82. The first-order valence-corrected chi connectivity index (χ1v) is 6.68. The summed E-state index contributed by atoms with van der Waals surface area (Å²) in [6.07, 6.45) is 2.00. The van der Waals surface area contributed by atoms with E-state index >= 15 is 0 Å². The van der Waals surface area contributed by atoms with Crippen LogP contribution >= 0.6 is 11.3 Å². The minimum atomic E-state index is 0.739. The Labute approximate surface area is 109 Å². The molecule has 4 nitrogen and oxygen atoms in total. The van der Waals surface area contributed by atoms with Gasteiger partial charge in [-0.3, -0.25) is 4.68 Å². The Morgan fingerprint density at radius 3 is 3.00 bits per heavy atom. The lowest BCUT2D eigenvalue weighted by molar-refractivity contribution is 0.657. The molecule has 0 saturated heterocycles. The van der Waals surface area contributed by atoms with E-state index in [2.05, 4.69) is 21.5 Å². The average molecular weight is 258 g/mol. The first-order valence-electron chi connectivity index (χ1n) is 5.86. The zero-order valence-electron chi connectivity index (χ0n) is 10.1. The van der Waals surface area contributed by atoms with E-state index in [4.69, 9.17) is 0 Å². The predicted octanol–water partition coefficient (Wildman–Crippen LogP) is 2.26. The van der Waals surface area contributed by atoms with E-state index in [0.29, 0.717) is 0 Å². The van der Waals surface area contributed by atoms with Crippen LogP contribution in [-0.4, -0.2) is 21.8 Å². The Kier molecular flexibility index (Phi) is 3.08. The van der Waals surface area contributed by atoms with Crippen LogP contribution < -0.4 is 5.32 Å². The zero-order chi connectivity index (χ0) is 12.4. The summed E-state index contributed by atoms with van der Waals surface area (Å²) in [5.41, 5.74) is 2.12. The number of aromatic nitrogens is 3. The molecule has 0 aliphatic carbocycles. The summed E-state index contributed by atoms with van der Waals surface area (Å²) in [6.45, 7) is 1.54. The molecule has 0 radical (unpaired) electrons. The number of nitrogens with one attached hydrogen (secondary N) is 1. The summed E-state index contributed by atoms with van der Waals surface area (Å²) in [5.74, 6) is 0. The van der Waals surface area contributed by atoms with E-state index in [1.807, 2.05) is 42.2 Å². The number of hydrogen-bond donors (Lipinski definition) is 1. The lowest BCUT2D eigenvalue weighted by atomic mass is 10.3. The molecule has 1 aromatic carbocycles. The van der Waals surface area contributed by atoms with Gasteiger partial charge in [0.2, 0.25) is 0 Å². The van der Waals surface area contributed by atoms with Crippen molar-refractivity contribution in [2.24, 2.45) is 0 Å². The highest BCUT2D eigenvalue weighted by Gasteiger charge is 2.05. The number of thiazole rings is 1. The van der Waals surface area contributed by atoms with E-state index < -0.39 is 0 Å². The number of fused-ring (bicyclic) bond motifs is 1. The van der Waals surface area contributed by atoms with Crippen molar-refractivity contribution in [3.63, 3.8) is 0 Å². The fourth-order valence-electron chi connectivity index (χ4n) is 1.89. The number of para-hydroxylation sites is 1. The van der Waals surface area contributed by atoms with Crippen LogP contribution in [0.25, 0.3) is 10.2 Å². The second kappa shape index (κ2) is 4.88. The molecule has 0 fully saturated rings. The molecule has 1 N–H and O–H groups in total. The van der Waals surface area contributed by atoms with Gasteiger partial charge in [-0.05, 0) is 25.2 Å². The summed E-state index contributed by atoms with van der Waals surface area (Å²) in [7, 11) is 1.92. The third-order valence-electron chi connectivity index (χ3n) is 2.69. The molecule has 0 aliphatic heterocycles. The van der Waals surface area contributed by atoms with Crippen LogP contribution in [0.5, 0.6) is 0 Å². The van der Waals surface area contributed by atoms with Crippen molar-refractivity contribution in [1.29, 1.82) is 0 Å². The maximum atomic E-state index is 4.61. The van der Waals surface area contributed by atoms with Gasteiger partial charge in [-0.15, -0.1) is 11.3 Å². The maximum Gasteiger partial charge on any atom is 0.115 e. The van der Waals surface area contributed by atoms with Gasteiger partial charge < -0.3 is 5.32 Å². The predicted molar refractivity (Wildman–Crippen MR) is 73.7 cm³/mol.